The maximum atomic E-state index is 13.3. The number of aromatic amines is 1. The van der Waals surface area contributed by atoms with Crippen molar-refractivity contribution in [1.29, 1.82) is 0 Å². The van der Waals surface area contributed by atoms with Crippen LogP contribution in [0.3, 0.4) is 0 Å². The van der Waals surface area contributed by atoms with Crippen LogP contribution in [0.25, 0.3) is 11.2 Å². The van der Waals surface area contributed by atoms with Crippen molar-refractivity contribution in [2.24, 2.45) is 0 Å². The molecule has 192 valence electrons. The maximum Gasteiger partial charge on any atom is 0.281 e. The van der Waals surface area contributed by atoms with Gasteiger partial charge in [-0.15, -0.1) is 5.10 Å². The molecule has 3 heterocycles. The molecule has 0 aliphatic carbocycles. The number of amides is 1. The van der Waals surface area contributed by atoms with Crippen molar-refractivity contribution >= 4 is 17.1 Å². The first-order valence-corrected chi connectivity index (χ1v) is 12.9. The Morgan fingerprint density at radius 3 is 2.59 bits per heavy atom. The molecular weight excluding hydrogens is 464 g/mol. The molecule has 1 N–H and O–H groups in total. The highest BCUT2D eigenvalue weighted by Gasteiger charge is 2.28. The van der Waals surface area contributed by atoms with Gasteiger partial charge in [-0.05, 0) is 60.9 Å². The summed E-state index contributed by atoms with van der Waals surface area (Å²) in [6, 6.07) is 14.2. The second-order valence-corrected chi connectivity index (χ2v) is 11.2. The molecule has 1 amide bonds. The van der Waals surface area contributed by atoms with Gasteiger partial charge in [0.25, 0.3) is 11.5 Å². The van der Waals surface area contributed by atoms with E-state index in [9.17, 15) is 9.59 Å². The normalized spacial score (nSPS) is 16.4. The van der Waals surface area contributed by atoms with E-state index in [1.54, 1.807) is 4.68 Å². The molecule has 0 bridgehead atoms. The molecule has 37 heavy (non-hydrogen) atoms. The van der Waals surface area contributed by atoms with Crippen molar-refractivity contribution < 1.29 is 4.79 Å². The van der Waals surface area contributed by atoms with Crippen LogP contribution in [0.4, 0.5) is 0 Å². The molecule has 8 nitrogen and oxygen atoms in total. The van der Waals surface area contributed by atoms with E-state index in [1.807, 2.05) is 29.2 Å². The molecule has 1 unspecified atom stereocenters. The van der Waals surface area contributed by atoms with Gasteiger partial charge in [0.15, 0.2) is 11.2 Å². The Morgan fingerprint density at radius 1 is 1.11 bits per heavy atom. The minimum atomic E-state index is -0.298. The van der Waals surface area contributed by atoms with Gasteiger partial charge in [-0.25, -0.2) is 9.67 Å². The number of hydrogen-bond donors (Lipinski definition) is 1. The van der Waals surface area contributed by atoms with Crippen molar-refractivity contribution in [3.63, 3.8) is 0 Å². The highest BCUT2D eigenvalue weighted by atomic mass is 16.2. The Labute approximate surface area is 216 Å². The first-order valence-electron chi connectivity index (χ1n) is 12.9. The predicted molar refractivity (Wildman–Crippen MR) is 144 cm³/mol. The van der Waals surface area contributed by atoms with Crippen LogP contribution in [0.2, 0.25) is 0 Å². The third-order valence-corrected chi connectivity index (χ3v) is 7.31. The minimum Gasteiger partial charge on any atom is -0.338 e. The van der Waals surface area contributed by atoms with E-state index in [0.717, 1.165) is 29.5 Å². The fourth-order valence-corrected chi connectivity index (χ4v) is 5.00. The summed E-state index contributed by atoms with van der Waals surface area (Å²) in [7, 11) is 0. The molecule has 0 spiro atoms. The monoisotopic (exact) mass is 498 g/mol. The van der Waals surface area contributed by atoms with Gasteiger partial charge >= 0.3 is 0 Å². The summed E-state index contributed by atoms with van der Waals surface area (Å²) < 4.78 is 1.69. The molecule has 2 aromatic heterocycles. The Morgan fingerprint density at radius 2 is 1.86 bits per heavy atom. The van der Waals surface area contributed by atoms with Gasteiger partial charge in [-0.1, -0.05) is 61.9 Å². The number of H-pyrrole nitrogens is 1. The smallest absolute Gasteiger partial charge is 0.281 e. The standard InChI is InChI=1S/C29H34N6O2/c1-18-8-9-19(2)22(15-18)17-35-26-24(32-33-35)27(36)31-25(30-26)21-7-6-14-34(16-21)28(37)20-10-12-23(13-11-20)29(3,4)5/h8-13,15,21H,6-7,14,16-17H2,1-5H3,(H,30,31,36). The quantitative estimate of drug-likeness (QED) is 0.447. The van der Waals surface area contributed by atoms with E-state index < -0.39 is 0 Å². The van der Waals surface area contributed by atoms with Gasteiger partial charge in [-0.2, -0.15) is 0 Å². The molecule has 0 radical (unpaired) electrons. The number of nitrogens with zero attached hydrogens (tertiary/aromatic N) is 5. The summed E-state index contributed by atoms with van der Waals surface area (Å²) in [6.07, 6.45) is 1.69. The number of likely N-dealkylation sites (tertiary alicyclic amines) is 1. The average Bonchev–Trinajstić information content (AvgIpc) is 3.28. The third kappa shape index (κ3) is 5.05. The van der Waals surface area contributed by atoms with E-state index in [1.165, 1.54) is 5.56 Å². The molecule has 1 atom stereocenters. The van der Waals surface area contributed by atoms with E-state index >= 15 is 0 Å². The van der Waals surface area contributed by atoms with Crippen molar-refractivity contribution in [3.8, 4) is 0 Å². The van der Waals surface area contributed by atoms with E-state index in [2.05, 4.69) is 68.1 Å². The number of fused-ring (bicyclic) bond motifs is 1. The highest BCUT2D eigenvalue weighted by Crippen LogP contribution is 2.27. The lowest BCUT2D eigenvalue weighted by atomic mass is 9.86. The molecule has 1 fully saturated rings. The number of rotatable bonds is 4. The van der Waals surface area contributed by atoms with Gasteiger partial charge in [-0.3, -0.25) is 9.59 Å². The zero-order valence-electron chi connectivity index (χ0n) is 22.2. The van der Waals surface area contributed by atoms with Crippen molar-refractivity contribution in [2.75, 3.05) is 13.1 Å². The van der Waals surface area contributed by atoms with Crippen molar-refractivity contribution in [3.05, 3.63) is 86.5 Å². The van der Waals surface area contributed by atoms with Crippen LogP contribution in [0.15, 0.2) is 47.3 Å². The zero-order valence-corrected chi connectivity index (χ0v) is 22.2. The van der Waals surface area contributed by atoms with Gasteiger partial charge in [0.1, 0.15) is 5.82 Å². The first-order chi connectivity index (χ1) is 17.6. The summed E-state index contributed by atoms with van der Waals surface area (Å²) in [4.78, 5) is 35.8. The Hall–Kier alpha value is -3.81. The Kier molecular flexibility index (Phi) is 6.43. The minimum absolute atomic E-state index is 0.00946. The summed E-state index contributed by atoms with van der Waals surface area (Å²) in [5, 5.41) is 8.34. The molecule has 0 saturated carbocycles. The largest absolute Gasteiger partial charge is 0.338 e. The number of carbonyl (C=O) groups is 1. The van der Waals surface area contributed by atoms with Crippen molar-refractivity contribution in [2.45, 2.75) is 65.3 Å². The summed E-state index contributed by atoms with van der Waals surface area (Å²) in [6.45, 7) is 12.3. The molecule has 5 rings (SSSR count). The Balaban J connectivity index is 1.40. The van der Waals surface area contributed by atoms with E-state index in [4.69, 9.17) is 4.98 Å². The number of benzene rings is 2. The summed E-state index contributed by atoms with van der Waals surface area (Å²) >= 11 is 0. The molecule has 1 aliphatic rings. The number of aryl methyl sites for hydroxylation is 2. The number of carbonyl (C=O) groups excluding carboxylic acids is 1. The van der Waals surface area contributed by atoms with Crippen LogP contribution in [-0.2, 0) is 12.0 Å². The van der Waals surface area contributed by atoms with Crippen LogP contribution < -0.4 is 5.56 Å². The number of piperidine rings is 1. The first kappa shape index (κ1) is 24.9. The lowest BCUT2D eigenvalue weighted by molar-refractivity contribution is 0.0704. The van der Waals surface area contributed by atoms with Gasteiger partial charge in [0.2, 0.25) is 0 Å². The highest BCUT2D eigenvalue weighted by molar-refractivity contribution is 5.94. The topological polar surface area (TPSA) is 96.8 Å². The lowest BCUT2D eigenvalue weighted by Gasteiger charge is -2.32. The van der Waals surface area contributed by atoms with Crippen LogP contribution in [0.1, 0.15) is 78.0 Å². The second kappa shape index (κ2) is 9.57. The fraction of sp³-hybridized carbons (Fsp3) is 0.414. The van der Waals surface area contributed by atoms with Gasteiger partial charge in [0, 0.05) is 24.6 Å². The molecule has 8 heteroatoms. The average molecular weight is 499 g/mol. The zero-order chi connectivity index (χ0) is 26.3. The lowest BCUT2D eigenvalue weighted by Crippen LogP contribution is -2.40. The molecule has 4 aromatic rings. The van der Waals surface area contributed by atoms with Gasteiger partial charge < -0.3 is 9.88 Å². The van der Waals surface area contributed by atoms with E-state index in [-0.39, 0.29) is 28.3 Å². The number of nitrogens with one attached hydrogen (secondary N) is 1. The Bertz CT molecular complexity index is 1510. The second-order valence-electron chi connectivity index (χ2n) is 11.2. The van der Waals surface area contributed by atoms with Crippen LogP contribution in [0, 0.1) is 13.8 Å². The third-order valence-electron chi connectivity index (χ3n) is 7.31. The maximum absolute atomic E-state index is 13.3. The van der Waals surface area contributed by atoms with E-state index in [0.29, 0.717) is 36.7 Å². The van der Waals surface area contributed by atoms with Crippen LogP contribution >= 0.6 is 0 Å². The van der Waals surface area contributed by atoms with Crippen molar-refractivity contribution in [1.82, 2.24) is 29.9 Å². The summed E-state index contributed by atoms with van der Waals surface area (Å²) in [5.41, 5.74) is 5.75. The van der Waals surface area contributed by atoms with Gasteiger partial charge in [0.05, 0.1) is 6.54 Å². The molecule has 2 aromatic carbocycles. The molecule has 1 saturated heterocycles. The molecule has 1 aliphatic heterocycles. The fourth-order valence-electron chi connectivity index (χ4n) is 5.00. The summed E-state index contributed by atoms with van der Waals surface area (Å²) in [5.74, 6) is 0.533. The molecular formula is C29H34N6O2. The SMILES string of the molecule is Cc1ccc(C)c(Cn2nnc3c(=O)[nH]c(C4CCCN(C(=O)c5ccc(C(C)(C)C)cc5)C4)nc32)c1. The predicted octanol–water partition coefficient (Wildman–Crippen LogP) is 4.50. The number of aromatic nitrogens is 5. The van der Waals surface area contributed by atoms with Crippen LogP contribution in [-0.4, -0.2) is 48.9 Å². The van der Waals surface area contributed by atoms with Crippen LogP contribution in [0.5, 0.6) is 0 Å². The number of hydrogen-bond acceptors (Lipinski definition) is 5.